The molecule has 1 aliphatic heterocycles. The van der Waals surface area contributed by atoms with Gasteiger partial charge in [-0.15, -0.1) is 0 Å². The maximum atomic E-state index is 12.8. The van der Waals surface area contributed by atoms with E-state index in [4.69, 9.17) is 34.5 Å². The summed E-state index contributed by atoms with van der Waals surface area (Å²) in [6.45, 7) is 0.138. The first-order chi connectivity index (χ1) is 18.1. The maximum absolute atomic E-state index is 12.8. The number of carbonyl (C=O) groups excluding carboxylic acids is 1. The van der Waals surface area contributed by atoms with Crippen molar-refractivity contribution in [1.82, 2.24) is 0 Å². The molecule has 0 spiro atoms. The Kier molecular flexibility index (Phi) is 8.23. The Morgan fingerprint density at radius 2 is 1.74 bits per heavy atom. The summed E-state index contributed by atoms with van der Waals surface area (Å²) in [6, 6.07) is 14.1. The number of nitrogens with one attached hydrogen (secondary N) is 1. The number of amides is 1. The summed E-state index contributed by atoms with van der Waals surface area (Å²) in [5.74, 6) is 1.78. The van der Waals surface area contributed by atoms with Crippen LogP contribution in [-0.2, 0) is 15.8 Å². The van der Waals surface area contributed by atoms with E-state index in [1.165, 1.54) is 19.2 Å². The van der Waals surface area contributed by atoms with Crippen LogP contribution in [0.25, 0.3) is 12.2 Å². The van der Waals surface area contributed by atoms with Crippen molar-refractivity contribution in [2.75, 3.05) is 26.3 Å². The number of anilines is 1. The van der Waals surface area contributed by atoms with Crippen LogP contribution in [0.1, 0.15) is 16.7 Å². The van der Waals surface area contributed by atoms with E-state index >= 15 is 0 Å². The van der Waals surface area contributed by atoms with Gasteiger partial charge >= 0.3 is 7.82 Å². The third kappa shape index (κ3) is 6.84. The molecule has 0 saturated carbocycles. The van der Waals surface area contributed by atoms with Gasteiger partial charge in [-0.25, -0.2) is 4.57 Å². The molecule has 1 heterocycles. The van der Waals surface area contributed by atoms with Crippen molar-refractivity contribution in [2.45, 2.75) is 12.5 Å². The van der Waals surface area contributed by atoms with Crippen LogP contribution in [0, 0.1) is 0 Å². The van der Waals surface area contributed by atoms with Crippen LogP contribution in [0.2, 0.25) is 0 Å². The van der Waals surface area contributed by atoms with Crippen LogP contribution in [0.3, 0.4) is 0 Å². The smallest absolute Gasteiger partial charge is 0.495 e. The van der Waals surface area contributed by atoms with Crippen molar-refractivity contribution in [2.24, 2.45) is 5.73 Å². The molecule has 0 radical (unpaired) electrons. The number of fused-ring (bicyclic) bond motifs is 1. The molecule has 0 saturated heterocycles. The Morgan fingerprint density at radius 3 is 2.42 bits per heavy atom. The minimum Gasteiger partial charge on any atom is -0.495 e. The van der Waals surface area contributed by atoms with Crippen molar-refractivity contribution in [3.05, 3.63) is 71.3 Å². The molecule has 0 fully saturated rings. The summed E-state index contributed by atoms with van der Waals surface area (Å²) in [5, 5.41) is 2.81. The van der Waals surface area contributed by atoms with E-state index in [-0.39, 0.29) is 19.0 Å². The molecule has 0 unspecified atom stereocenters. The van der Waals surface area contributed by atoms with E-state index in [1.54, 1.807) is 31.4 Å². The van der Waals surface area contributed by atoms with Crippen molar-refractivity contribution in [1.29, 1.82) is 0 Å². The van der Waals surface area contributed by atoms with Crippen molar-refractivity contribution < 1.29 is 42.6 Å². The molecule has 0 aromatic heterocycles. The third-order valence-corrected chi connectivity index (χ3v) is 6.02. The Bertz CT molecular complexity index is 1390. The summed E-state index contributed by atoms with van der Waals surface area (Å²) in [4.78, 5) is 30.6. The standard InChI is InChI=1S/C26H27N2O9P/c1-33-22-10-7-17(3-4-18-13-23(34-2)25-24(14-18)35-15-36-25)12-21(22)28-26(29)20(27)11-16-5-8-19(9-6-16)37-38(30,31)32/h3-10,12-14,20H,11,15,27H2,1-2H3,(H,28,29)(H2,30,31,32)/b4-3-/t20-/m0/s1. The molecule has 3 aromatic rings. The first-order valence-electron chi connectivity index (χ1n) is 11.4. The van der Waals surface area contributed by atoms with Crippen LogP contribution in [-0.4, -0.2) is 42.7 Å². The molecule has 38 heavy (non-hydrogen) atoms. The topological polar surface area (TPSA) is 159 Å². The van der Waals surface area contributed by atoms with Gasteiger partial charge in [0.1, 0.15) is 11.5 Å². The zero-order chi connectivity index (χ0) is 27.3. The van der Waals surface area contributed by atoms with Gasteiger partial charge in [0.05, 0.1) is 25.9 Å². The fraction of sp³-hybridized carbons (Fsp3) is 0.192. The van der Waals surface area contributed by atoms with Crippen LogP contribution in [0.4, 0.5) is 5.69 Å². The van der Waals surface area contributed by atoms with Gasteiger partial charge in [0.25, 0.3) is 0 Å². The number of hydrogen-bond donors (Lipinski definition) is 4. The number of nitrogens with two attached hydrogens (primary N) is 1. The second-order valence-corrected chi connectivity index (χ2v) is 9.44. The number of ether oxygens (including phenoxy) is 4. The van der Waals surface area contributed by atoms with Crippen LogP contribution < -0.4 is 34.5 Å². The summed E-state index contributed by atoms with van der Waals surface area (Å²) < 4.78 is 37.1. The van der Waals surface area contributed by atoms with Gasteiger partial charge in [0.15, 0.2) is 11.5 Å². The van der Waals surface area contributed by atoms with Gasteiger partial charge in [0.2, 0.25) is 18.4 Å². The highest BCUT2D eigenvalue weighted by atomic mass is 31.2. The first kappa shape index (κ1) is 27.0. The summed E-state index contributed by atoms with van der Waals surface area (Å²) in [5.41, 5.74) is 8.89. The van der Waals surface area contributed by atoms with Crippen LogP contribution in [0.5, 0.6) is 28.7 Å². The molecule has 5 N–H and O–H groups in total. The van der Waals surface area contributed by atoms with Gasteiger partial charge in [-0.2, -0.15) is 0 Å². The highest BCUT2D eigenvalue weighted by molar-refractivity contribution is 7.46. The molecule has 200 valence electrons. The minimum absolute atomic E-state index is 0.00824. The molecule has 4 rings (SSSR count). The van der Waals surface area contributed by atoms with Gasteiger partial charge in [-0.05, 0) is 59.5 Å². The Morgan fingerprint density at radius 1 is 1.03 bits per heavy atom. The van der Waals surface area contributed by atoms with E-state index in [0.29, 0.717) is 34.2 Å². The van der Waals surface area contributed by atoms with Crippen molar-refractivity contribution in [3.8, 4) is 28.7 Å². The normalized spacial score (nSPS) is 13.3. The average Bonchev–Trinajstić information content (AvgIpc) is 3.36. The SMILES string of the molecule is COc1ccc(/C=C\c2cc(OC)c3c(c2)OCO3)cc1NC(=O)[C@@H](N)Cc1ccc(OP(=O)(O)O)cc1. The molecule has 0 aliphatic carbocycles. The van der Waals surface area contributed by atoms with E-state index in [1.807, 2.05) is 30.4 Å². The third-order valence-electron chi connectivity index (χ3n) is 5.57. The van der Waals surface area contributed by atoms with Crippen molar-refractivity contribution >= 4 is 31.6 Å². The highest BCUT2D eigenvalue weighted by Gasteiger charge is 2.20. The number of methoxy groups -OCH3 is 2. The first-order valence-corrected chi connectivity index (χ1v) is 12.9. The number of rotatable bonds is 10. The molecule has 3 aromatic carbocycles. The number of hydrogen-bond acceptors (Lipinski definition) is 8. The molecule has 1 aliphatic rings. The van der Waals surface area contributed by atoms with Crippen LogP contribution >= 0.6 is 7.82 Å². The molecule has 1 atom stereocenters. The predicted octanol–water partition coefficient (Wildman–Crippen LogP) is 3.58. The minimum atomic E-state index is -4.65. The summed E-state index contributed by atoms with van der Waals surface area (Å²) >= 11 is 0. The molecule has 12 heteroatoms. The Balaban J connectivity index is 1.44. The predicted molar refractivity (Wildman–Crippen MR) is 140 cm³/mol. The lowest BCUT2D eigenvalue weighted by molar-refractivity contribution is -0.117. The zero-order valence-corrected chi connectivity index (χ0v) is 21.5. The van der Waals surface area contributed by atoms with E-state index in [2.05, 4.69) is 9.84 Å². The lowest BCUT2D eigenvalue weighted by Crippen LogP contribution is -2.37. The summed E-state index contributed by atoms with van der Waals surface area (Å²) in [7, 11) is -1.59. The quantitative estimate of drug-likeness (QED) is 0.220. The largest absolute Gasteiger partial charge is 0.524 e. The molecular weight excluding hydrogens is 515 g/mol. The number of phosphoric acid groups is 1. The van der Waals surface area contributed by atoms with E-state index < -0.39 is 19.8 Å². The molecule has 1 amide bonds. The van der Waals surface area contributed by atoms with Gasteiger partial charge in [-0.3, -0.25) is 14.6 Å². The lowest BCUT2D eigenvalue weighted by atomic mass is 10.1. The van der Waals surface area contributed by atoms with Gasteiger partial charge in [0, 0.05) is 0 Å². The molecule has 0 bridgehead atoms. The maximum Gasteiger partial charge on any atom is 0.524 e. The number of phosphoric ester groups is 1. The molecule has 11 nitrogen and oxygen atoms in total. The van der Waals surface area contributed by atoms with Crippen molar-refractivity contribution in [3.63, 3.8) is 0 Å². The second-order valence-electron chi connectivity index (χ2n) is 8.28. The fourth-order valence-electron chi connectivity index (χ4n) is 3.76. The zero-order valence-electron chi connectivity index (χ0n) is 20.6. The van der Waals surface area contributed by atoms with Gasteiger partial charge < -0.3 is 34.5 Å². The Labute approximate surface area is 219 Å². The molecular formula is C26H27N2O9P. The summed E-state index contributed by atoms with van der Waals surface area (Å²) in [6.07, 6.45) is 3.94. The Hall–Kier alpha value is -4.02. The number of carbonyl (C=O) groups is 1. The van der Waals surface area contributed by atoms with E-state index in [9.17, 15) is 9.36 Å². The second kappa shape index (κ2) is 11.6. The van der Waals surface area contributed by atoms with E-state index in [0.717, 1.165) is 11.1 Å². The average molecular weight is 542 g/mol. The highest BCUT2D eigenvalue weighted by Crippen LogP contribution is 2.42. The monoisotopic (exact) mass is 542 g/mol. The lowest BCUT2D eigenvalue weighted by Gasteiger charge is -2.15. The van der Waals surface area contributed by atoms with Gasteiger partial charge in [-0.1, -0.05) is 30.4 Å². The fourth-order valence-corrected chi connectivity index (χ4v) is 4.16. The number of benzene rings is 3. The van der Waals surface area contributed by atoms with Crippen LogP contribution in [0.15, 0.2) is 54.6 Å².